The predicted molar refractivity (Wildman–Crippen MR) is 501 cm³/mol. The number of rotatable bonds is 25. The number of hydrogen-bond donors (Lipinski definition) is 2. The first-order valence-electron chi connectivity index (χ1n) is 47.1. The van der Waals surface area contributed by atoms with Crippen LogP contribution in [-0.4, -0.2) is 165 Å². The van der Waals surface area contributed by atoms with Crippen LogP contribution in [0.4, 0.5) is 11.9 Å². The maximum atomic E-state index is 11.7. The number of carbonyl (C=O) groups is 5. The summed E-state index contributed by atoms with van der Waals surface area (Å²) in [7, 11) is 0. The van der Waals surface area contributed by atoms with Gasteiger partial charge in [-0.3, -0.25) is 47.6 Å². The molecule has 2 N–H and O–H groups in total. The van der Waals surface area contributed by atoms with Crippen molar-refractivity contribution in [1.29, 1.82) is 0 Å². The number of thioether (sulfide) groups is 1. The van der Waals surface area contributed by atoms with E-state index in [4.69, 9.17) is 9.47 Å². The summed E-state index contributed by atoms with van der Waals surface area (Å²) in [6, 6.07) is 1.22. The first kappa shape index (κ1) is 95.3. The summed E-state index contributed by atoms with van der Waals surface area (Å²) in [6.07, 6.45) is 48.2. The molecule has 0 bridgehead atoms. The maximum absolute atomic E-state index is 11.7. The van der Waals surface area contributed by atoms with Gasteiger partial charge in [-0.15, -0.1) is 5.73 Å². The number of allylic oxidation sites excluding steroid dienone is 1. The van der Waals surface area contributed by atoms with Crippen molar-refractivity contribution in [3.63, 3.8) is 0 Å². The molecule has 0 unspecified atom stereocenters. The van der Waals surface area contributed by atoms with Crippen LogP contribution in [0.15, 0.2) is 60.3 Å². The second kappa shape index (κ2) is 46.3. The number of hydrogen-bond acceptors (Lipinski definition) is 27. The smallest absolute Gasteiger partial charge is 0.300 e. The number of carbonyl (C=O) groups excluding carboxylic acids is 5. The topological polar surface area (TPSA) is 389 Å². The van der Waals surface area contributed by atoms with Gasteiger partial charge in [0.15, 0.2) is 84.8 Å². The number of ether oxygens (including phenoxy) is 2. The molecule has 0 radical (unpaired) electrons. The number of imidazole rings is 6. The van der Waals surface area contributed by atoms with Crippen LogP contribution in [0.25, 0.3) is 67.8 Å². The van der Waals surface area contributed by atoms with Gasteiger partial charge in [0.1, 0.15) is 28.6 Å². The molecule has 34 heteroatoms. The number of aromatic nitrogens is 24. The summed E-state index contributed by atoms with van der Waals surface area (Å²) >= 11 is 1.72. The van der Waals surface area contributed by atoms with Gasteiger partial charge in [-0.05, 0) is 160 Å². The van der Waals surface area contributed by atoms with Gasteiger partial charge in [0.05, 0.1) is 67.5 Å². The minimum Gasteiger partial charge on any atom is -0.465 e. The molecule has 0 spiro atoms. The van der Waals surface area contributed by atoms with Crippen molar-refractivity contribution in [2.45, 2.75) is 320 Å². The summed E-state index contributed by atoms with van der Waals surface area (Å²) in [5.41, 5.74) is 15.1. The van der Waals surface area contributed by atoms with Crippen molar-refractivity contribution in [1.82, 2.24) is 117 Å². The highest BCUT2D eigenvalue weighted by molar-refractivity contribution is 7.99. The second-order valence-corrected chi connectivity index (χ2v) is 36.7. The zero-order valence-corrected chi connectivity index (χ0v) is 78.5. The first-order valence-corrected chi connectivity index (χ1v) is 48.1. The van der Waals surface area contributed by atoms with Gasteiger partial charge in [-0.2, -0.15) is 19.9 Å². The molecule has 6 saturated carbocycles. The fourth-order valence-electron chi connectivity index (χ4n) is 18.4. The van der Waals surface area contributed by atoms with E-state index in [2.05, 4.69) is 133 Å². The highest BCUT2D eigenvalue weighted by Gasteiger charge is 2.29. The Bertz CT molecular complexity index is 5760. The lowest BCUT2D eigenvalue weighted by Gasteiger charge is -2.23. The lowest BCUT2D eigenvalue weighted by molar-refractivity contribution is -0.114. The molecule has 6 aliphatic carbocycles. The molecule has 0 aliphatic heterocycles. The van der Waals surface area contributed by atoms with Gasteiger partial charge < -0.3 is 23.9 Å². The zero-order valence-electron chi connectivity index (χ0n) is 77.7. The van der Waals surface area contributed by atoms with E-state index in [0.717, 1.165) is 95.7 Å². The van der Waals surface area contributed by atoms with Crippen molar-refractivity contribution in [2.24, 2.45) is 35.5 Å². The van der Waals surface area contributed by atoms with Crippen molar-refractivity contribution in [2.75, 3.05) is 29.6 Å². The van der Waals surface area contributed by atoms with E-state index in [1.165, 1.54) is 252 Å². The number of nitrogens with zero attached hydrogens (tertiary/aromatic N) is 24. The van der Waals surface area contributed by atoms with Crippen LogP contribution in [0.1, 0.15) is 314 Å². The van der Waals surface area contributed by atoms with Crippen LogP contribution in [0.2, 0.25) is 0 Å². The Hall–Kier alpha value is -11.3. The third kappa shape index (κ3) is 25.4. The molecule has 129 heavy (non-hydrogen) atoms. The molecule has 6 aliphatic rings. The lowest BCUT2D eigenvalue weighted by atomic mass is 9.89. The van der Waals surface area contributed by atoms with E-state index in [9.17, 15) is 24.0 Å². The van der Waals surface area contributed by atoms with E-state index in [1.807, 2.05) is 55.2 Å². The quantitative estimate of drug-likeness (QED) is 0.0305. The van der Waals surface area contributed by atoms with Crippen molar-refractivity contribution < 1.29 is 33.4 Å². The van der Waals surface area contributed by atoms with E-state index in [0.29, 0.717) is 141 Å². The third-order valence-electron chi connectivity index (χ3n) is 25.2. The monoisotopic (exact) mass is 1780 g/mol. The molecular weight excluding hydrogens is 1650 g/mol. The fourth-order valence-corrected chi connectivity index (χ4v) is 19.1. The van der Waals surface area contributed by atoms with E-state index in [1.54, 1.807) is 24.2 Å². The standard InChI is InChI=1S/C18H23N5O.C16H22N4O2.C16H22N4OS.C15H21N5O.C15H20N4O.C15H22N4O/c1-4-12(2)20-18-22-16-17(21-15(10-19-16)13(3)24)23(18)11-14-8-6-5-7-9-14;2*1-3-22-16-19-14-15(18-13(9-17-14)11(2)21)20(16)10-12-7-5-4-6-8-12;1-10-8-16-13-14(17-10)20(15(19-13)18-11(2)21)9-12-6-4-3-5-7-12;1-10(20)13-8-16-14-15(18-13)19(11(2)17-14)9-12-6-4-3-5-7-12;1-3-20-15-18-13-14(17-11(2)9-16-13)19(15)10-12-7-5-4-6-8-12/h10,14H,1,5-9,11H2,2-3H3,(H,19,20,22);2*9,12H,3-8,10H2,1-2H3;8,12H,3-7,9H2,1-2H3,(H,16,18,19,21);8,12H,3-7,9H2,1-2H3;9,12H,3-8,10H2,1-2H3. The molecule has 12 heterocycles. The molecular formula is C95H130N26O7S. The SMILES string of the molecule is C=C=C(C)Nc1nc2ncc(C(C)=O)nc2n1CC1CCCCC1.CC(=O)Nc1nc2ncc(C)nc2n1CC1CCCCC1.CC(=O)c1cnc2nc(C)n(CC3CCCCC3)c2n1.CCOc1nc2ncc(C(C)=O)nc2n1CC1CCCCC1.CCOc1nc2ncc(C)nc2n1CC1CCCCC1.CCSc1nc2ncc(C(C)=O)nc2n1CC1CCCCC1. The van der Waals surface area contributed by atoms with Gasteiger partial charge in [-0.1, -0.05) is 141 Å². The molecule has 688 valence electrons. The Kier molecular flexibility index (Phi) is 34.2. The highest BCUT2D eigenvalue weighted by Crippen LogP contribution is 2.36. The molecule has 0 saturated heterocycles. The van der Waals surface area contributed by atoms with Gasteiger partial charge in [0.2, 0.25) is 29.1 Å². The molecule has 0 aromatic carbocycles. The Morgan fingerprint density at radius 2 is 0.628 bits per heavy atom. The van der Waals surface area contributed by atoms with Gasteiger partial charge >= 0.3 is 0 Å². The number of nitrogens with one attached hydrogen (secondary N) is 2. The van der Waals surface area contributed by atoms with E-state index < -0.39 is 0 Å². The van der Waals surface area contributed by atoms with Crippen molar-refractivity contribution in [3.05, 3.63) is 95.2 Å². The highest BCUT2D eigenvalue weighted by atomic mass is 32.2. The van der Waals surface area contributed by atoms with E-state index in [-0.39, 0.29) is 29.0 Å². The second-order valence-electron chi connectivity index (χ2n) is 35.5. The molecule has 18 rings (SSSR count). The van der Waals surface area contributed by atoms with Gasteiger partial charge in [0.25, 0.3) is 12.0 Å². The number of ketones is 4. The number of anilines is 2. The molecule has 33 nitrogen and oxygen atoms in total. The number of Topliss-reactive ketones (excluding diaryl/α,β-unsaturated/α-hetero) is 4. The number of aryl methyl sites for hydroxylation is 3. The normalized spacial score (nSPS) is 16.2. The molecule has 12 aromatic rings. The van der Waals surface area contributed by atoms with Crippen LogP contribution in [-0.2, 0) is 44.1 Å². The predicted octanol–water partition coefficient (Wildman–Crippen LogP) is 19.1. The van der Waals surface area contributed by atoms with Crippen molar-refractivity contribution >= 4 is 120 Å². The molecule has 6 fully saturated rings. The number of fused-ring (bicyclic) bond motifs is 6. The Morgan fingerprint density at radius 3 is 0.969 bits per heavy atom. The molecule has 1 amide bonds. The fraction of sp³-hybridized carbons (Fsp3) is 0.600. The molecule has 12 aromatic heterocycles. The third-order valence-corrected chi connectivity index (χ3v) is 26.0. The summed E-state index contributed by atoms with van der Waals surface area (Å²) in [5.74, 6) is 6.70. The van der Waals surface area contributed by atoms with Crippen LogP contribution in [0, 0.1) is 56.3 Å². The van der Waals surface area contributed by atoms with Crippen molar-refractivity contribution in [3.8, 4) is 12.0 Å². The van der Waals surface area contributed by atoms with Gasteiger partial charge in [-0.25, -0.2) is 69.8 Å². The average Bonchev–Trinajstić information content (AvgIpc) is 1.64. The minimum atomic E-state index is -0.119. The van der Waals surface area contributed by atoms with Crippen LogP contribution in [0.3, 0.4) is 0 Å². The summed E-state index contributed by atoms with van der Waals surface area (Å²) < 4.78 is 23.8. The van der Waals surface area contributed by atoms with Gasteiger partial charge in [0, 0.05) is 73.9 Å². The maximum Gasteiger partial charge on any atom is 0.300 e. The number of amides is 1. The van der Waals surface area contributed by atoms with Crippen LogP contribution in [0.5, 0.6) is 12.0 Å². The summed E-state index contributed by atoms with van der Waals surface area (Å²) in [5, 5.41) is 7.00. The van der Waals surface area contributed by atoms with Crippen LogP contribution >= 0.6 is 11.8 Å². The summed E-state index contributed by atoms with van der Waals surface area (Å²) in [4.78, 5) is 138. The largest absolute Gasteiger partial charge is 0.465 e. The minimum absolute atomic E-state index is 0.0514. The average molecular weight is 1780 g/mol. The zero-order chi connectivity index (χ0) is 91.0. The summed E-state index contributed by atoms with van der Waals surface area (Å²) in [6.45, 7) is 31.5. The Balaban J connectivity index is 0.000000132. The lowest BCUT2D eigenvalue weighted by Crippen LogP contribution is -2.18. The Labute approximate surface area is 759 Å². The van der Waals surface area contributed by atoms with E-state index >= 15 is 0 Å². The Morgan fingerprint density at radius 1 is 0.349 bits per heavy atom. The molecule has 0 atom stereocenters. The first-order chi connectivity index (χ1) is 62.5. The van der Waals surface area contributed by atoms with Crippen LogP contribution < -0.4 is 20.1 Å².